The number of nitrogens with zero attached hydrogens (tertiary/aromatic N) is 2. The first-order chi connectivity index (χ1) is 8.51. The van der Waals surface area contributed by atoms with E-state index in [9.17, 15) is 4.39 Å². The molecule has 0 aliphatic carbocycles. The van der Waals surface area contributed by atoms with Crippen LogP contribution in [0.3, 0.4) is 0 Å². The van der Waals surface area contributed by atoms with Gasteiger partial charge in [-0.1, -0.05) is 20.8 Å². The topological polar surface area (TPSA) is 42.1 Å². The largest absolute Gasteiger partial charge is 0.322 e. The van der Waals surface area contributed by atoms with Gasteiger partial charge < -0.3 is 5.73 Å². The fraction of sp³-hybridized carbons (Fsp3) is 0.643. The number of aromatic nitrogens is 1. The second kappa shape index (κ2) is 6.25. The third-order valence-corrected chi connectivity index (χ3v) is 4.01. The highest BCUT2D eigenvalue weighted by Gasteiger charge is 2.36. The highest BCUT2D eigenvalue weighted by molar-refractivity contribution is 5.21. The monoisotopic (exact) mass is 253 g/mol. The summed E-state index contributed by atoms with van der Waals surface area (Å²) in [5, 5.41) is 0. The first kappa shape index (κ1) is 15.1. The predicted molar refractivity (Wildman–Crippen MR) is 72.7 cm³/mol. The van der Waals surface area contributed by atoms with Gasteiger partial charge in [0.25, 0.3) is 0 Å². The van der Waals surface area contributed by atoms with Crippen LogP contribution in [0.4, 0.5) is 4.39 Å². The summed E-state index contributed by atoms with van der Waals surface area (Å²) in [6.07, 6.45) is 3.70. The molecule has 0 amide bonds. The smallest absolute Gasteiger partial charge is 0.146 e. The molecule has 2 atom stereocenters. The van der Waals surface area contributed by atoms with Crippen LogP contribution < -0.4 is 5.73 Å². The minimum atomic E-state index is -0.356. The van der Waals surface area contributed by atoms with E-state index in [0.29, 0.717) is 5.56 Å². The summed E-state index contributed by atoms with van der Waals surface area (Å²) in [4.78, 5) is 6.07. The van der Waals surface area contributed by atoms with E-state index >= 15 is 0 Å². The summed E-state index contributed by atoms with van der Waals surface area (Å²) in [6, 6.07) is 1.32. The number of pyridine rings is 1. The van der Waals surface area contributed by atoms with E-state index in [0.717, 1.165) is 19.5 Å². The molecule has 1 rings (SSSR count). The van der Waals surface area contributed by atoms with Crippen molar-refractivity contribution in [1.29, 1.82) is 0 Å². The molecule has 0 spiro atoms. The molecule has 0 bridgehead atoms. The van der Waals surface area contributed by atoms with Crippen LogP contribution in [0.15, 0.2) is 18.5 Å². The van der Waals surface area contributed by atoms with Gasteiger partial charge in [-0.15, -0.1) is 0 Å². The second-order valence-electron chi connectivity index (χ2n) is 4.76. The number of hydrogen-bond donors (Lipinski definition) is 1. The Hall–Kier alpha value is -1.00. The highest BCUT2D eigenvalue weighted by Crippen LogP contribution is 2.33. The lowest BCUT2D eigenvalue weighted by Crippen LogP contribution is -2.53. The Labute approximate surface area is 109 Å². The molecular formula is C14H24FN3. The van der Waals surface area contributed by atoms with Crippen LogP contribution in [-0.2, 0) is 0 Å². The van der Waals surface area contributed by atoms with E-state index in [4.69, 9.17) is 5.73 Å². The zero-order valence-corrected chi connectivity index (χ0v) is 11.8. The van der Waals surface area contributed by atoms with E-state index in [1.807, 2.05) is 0 Å². The Balaban J connectivity index is 3.12. The van der Waals surface area contributed by atoms with Crippen LogP contribution in [-0.4, -0.2) is 28.5 Å². The van der Waals surface area contributed by atoms with Gasteiger partial charge in [0.05, 0.1) is 12.2 Å². The molecule has 0 aromatic carbocycles. The quantitative estimate of drug-likeness (QED) is 0.847. The molecular weight excluding hydrogens is 229 g/mol. The molecule has 2 N–H and O–H groups in total. The zero-order chi connectivity index (χ0) is 13.8. The minimum Gasteiger partial charge on any atom is -0.322 e. The SMILES string of the molecule is CCN(CC)C(C)(CC)C(N)c1ccncc1F. The number of nitrogens with two attached hydrogens (primary N) is 1. The fourth-order valence-electron chi connectivity index (χ4n) is 2.56. The van der Waals surface area contributed by atoms with Gasteiger partial charge in [0.15, 0.2) is 0 Å². The lowest BCUT2D eigenvalue weighted by molar-refractivity contribution is 0.0831. The van der Waals surface area contributed by atoms with Crippen molar-refractivity contribution in [2.75, 3.05) is 13.1 Å². The van der Waals surface area contributed by atoms with Gasteiger partial charge in [0, 0.05) is 17.3 Å². The summed E-state index contributed by atoms with van der Waals surface area (Å²) >= 11 is 0. The summed E-state index contributed by atoms with van der Waals surface area (Å²) < 4.78 is 13.8. The first-order valence-electron chi connectivity index (χ1n) is 6.61. The number of rotatable bonds is 6. The second-order valence-corrected chi connectivity index (χ2v) is 4.76. The molecule has 0 aliphatic heterocycles. The van der Waals surface area contributed by atoms with Crippen molar-refractivity contribution in [1.82, 2.24) is 9.88 Å². The molecule has 0 saturated carbocycles. The average Bonchev–Trinajstić information content (AvgIpc) is 2.39. The summed E-state index contributed by atoms with van der Waals surface area (Å²) in [6.45, 7) is 10.2. The fourth-order valence-corrected chi connectivity index (χ4v) is 2.56. The Kier molecular flexibility index (Phi) is 5.23. The van der Waals surface area contributed by atoms with E-state index in [-0.39, 0.29) is 17.4 Å². The third-order valence-electron chi connectivity index (χ3n) is 4.01. The molecule has 1 heterocycles. The van der Waals surface area contributed by atoms with Gasteiger partial charge in [-0.3, -0.25) is 9.88 Å². The molecule has 0 fully saturated rings. The Morgan fingerprint density at radius 1 is 1.39 bits per heavy atom. The molecule has 0 saturated heterocycles. The normalized spacial score (nSPS) is 16.6. The number of hydrogen-bond acceptors (Lipinski definition) is 3. The van der Waals surface area contributed by atoms with Gasteiger partial charge in [0.1, 0.15) is 5.82 Å². The molecule has 4 heteroatoms. The van der Waals surface area contributed by atoms with Crippen molar-refractivity contribution in [2.24, 2.45) is 5.73 Å². The molecule has 1 aromatic heterocycles. The van der Waals surface area contributed by atoms with E-state index in [1.54, 1.807) is 12.3 Å². The first-order valence-corrected chi connectivity index (χ1v) is 6.61. The number of halogens is 1. The van der Waals surface area contributed by atoms with Gasteiger partial charge in [0.2, 0.25) is 0 Å². The molecule has 0 aliphatic rings. The van der Waals surface area contributed by atoms with Crippen molar-refractivity contribution in [3.05, 3.63) is 29.8 Å². The lowest BCUT2D eigenvalue weighted by Gasteiger charge is -2.44. The third kappa shape index (κ3) is 2.70. The average molecular weight is 253 g/mol. The van der Waals surface area contributed by atoms with Crippen LogP contribution in [0.2, 0.25) is 0 Å². The molecule has 3 nitrogen and oxygen atoms in total. The molecule has 102 valence electrons. The summed E-state index contributed by atoms with van der Waals surface area (Å²) in [7, 11) is 0. The van der Waals surface area contributed by atoms with E-state index < -0.39 is 0 Å². The van der Waals surface area contributed by atoms with Crippen molar-refractivity contribution in [3.8, 4) is 0 Å². The molecule has 1 aromatic rings. The van der Waals surface area contributed by atoms with Crippen molar-refractivity contribution in [2.45, 2.75) is 45.7 Å². The van der Waals surface area contributed by atoms with Gasteiger partial charge in [-0.25, -0.2) is 4.39 Å². The Bertz CT molecular complexity index is 379. The van der Waals surface area contributed by atoms with E-state index in [1.165, 1.54) is 6.20 Å². The van der Waals surface area contributed by atoms with Gasteiger partial charge in [-0.2, -0.15) is 0 Å². The molecule has 2 unspecified atom stereocenters. The predicted octanol–water partition coefficient (Wildman–Crippen LogP) is 2.73. The van der Waals surface area contributed by atoms with Crippen LogP contribution in [0.1, 0.15) is 45.7 Å². The maximum absolute atomic E-state index is 13.8. The van der Waals surface area contributed by atoms with E-state index in [2.05, 4.69) is 37.6 Å². The highest BCUT2D eigenvalue weighted by atomic mass is 19.1. The maximum Gasteiger partial charge on any atom is 0.146 e. The Morgan fingerprint density at radius 3 is 2.44 bits per heavy atom. The lowest BCUT2D eigenvalue weighted by atomic mass is 9.83. The maximum atomic E-state index is 13.8. The number of likely N-dealkylation sites (N-methyl/N-ethyl adjacent to an activating group) is 1. The molecule has 18 heavy (non-hydrogen) atoms. The van der Waals surface area contributed by atoms with Crippen molar-refractivity contribution < 1.29 is 4.39 Å². The van der Waals surface area contributed by atoms with Gasteiger partial charge in [-0.05, 0) is 32.5 Å². The van der Waals surface area contributed by atoms with Crippen LogP contribution in [0, 0.1) is 5.82 Å². The molecule has 0 radical (unpaired) electrons. The summed E-state index contributed by atoms with van der Waals surface area (Å²) in [5.41, 5.74) is 6.63. The van der Waals surface area contributed by atoms with Crippen molar-refractivity contribution in [3.63, 3.8) is 0 Å². The van der Waals surface area contributed by atoms with Gasteiger partial charge >= 0.3 is 0 Å². The van der Waals surface area contributed by atoms with Crippen LogP contribution in [0.25, 0.3) is 0 Å². The van der Waals surface area contributed by atoms with Crippen LogP contribution in [0.5, 0.6) is 0 Å². The Morgan fingerprint density at radius 2 is 2.00 bits per heavy atom. The zero-order valence-electron chi connectivity index (χ0n) is 11.8. The standard InChI is InChI=1S/C14H24FN3/c1-5-14(4,18(6-2)7-3)13(16)11-8-9-17-10-12(11)15/h8-10,13H,5-7,16H2,1-4H3. The summed E-state index contributed by atoms with van der Waals surface area (Å²) in [5.74, 6) is -0.322. The van der Waals surface area contributed by atoms with Crippen molar-refractivity contribution >= 4 is 0 Å². The minimum absolute atomic E-state index is 0.244. The van der Waals surface area contributed by atoms with Crippen LogP contribution >= 0.6 is 0 Å².